The van der Waals surface area contributed by atoms with Gasteiger partial charge in [0.05, 0.1) is 21.5 Å². The highest BCUT2D eigenvalue weighted by molar-refractivity contribution is 7.92. The van der Waals surface area contributed by atoms with Gasteiger partial charge in [-0.25, -0.2) is 13.4 Å². The van der Waals surface area contributed by atoms with Gasteiger partial charge in [0, 0.05) is 23.4 Å². The van der Waals surface area contributed by atoms with E-state index in [4.69, 9.17) is 0 Å². The number of para-hydroxylation sites is 1. The van der Waals surface area contributed by atoms with E-state index >= 15 is 0 Å². The first-order chi connectivity index (χ1) is 14.4. The summed E-state index contributed by atoms with van der Waals surface area (Å²) in [5, 5.41) is 3.88. The van der Waals surface area contributed by atoms with Gasteiger partial charge in [-0.1, -0.05) is 30.3 Å². The van der Waals surface area contributed by atoms with Crippen LogP contribution in [0.25, 0.3) is 10.2 Å². The van der Waals surface area contributed by atoms with E-state index < -0.39 is 10.0 Å². The van der Waals surface area contributed by atoms with Crippen molar-refractivity contribution in [2.75, 3.05) is 16.3 Å². The van der Waals surface area contributed by atoms with E-state index in [1.54, 1.807) is 29.5 Å². The topological polar surface area (TPSA) is 88.2 Å². The molecule has 1 heterocycles. The molecular formula is C22H19N3O3S2. The summed E-state index contributed by atoms with van der Waals surface area (Å²) in [4.78, 5) is 17.2. The summed E-state index contributed by atoms with van der Waals surface area (Å²) in [5.74, 6) is -0.314. The SMILES string of the molecule is CS(=O)(=O)Nc1cccc(C(=O)Nc2ccc(Cc3nc4ccccc4s3)cc2)c1. The molecule has 4 aromatic rings. The van der Waals surface area contributed by atoms with Gasteiger partial charge in [-0.15, -0.1) is 11.3 Å². The van der Waals surface area contributed by atoms with Gasteiger partial charge in [0.25, 0.3) is 5.91 Å². The molecule has 0 bridgehead atoms. The van der Waals surface area contributed by atoms with Crippen molar-refractivity contribution in [1.29, 1.82) is 0 Å². The van der Waals surface area contributed by atoms with Gasteiger partial charge < -0.3 is 5.32 Å². The highest BCUT2D eigenvalue weighted by Gasteiger charge is 2.09. The Bertz CT molecular complexity index is 1280. The third kappa shape index (κ3) is 5.03. The van der Waals surface area contributed by atoms with Gasteiger partial charge in [0.1, 0.15) is 0 Å². The number of thiazole rings is 1. The van der Waals surface area contributed by atoms with Gasteiger partial charge in [0.15, 0.2) is 0 Å². The number of nitrogens with zero attached hydrogens (tertiary/aromatic N) is 1. The van der Waals surface area contributed by atoms with Crippen LogP contribution < -0.4 is 10.0 Å². The number of carbonyl (C=O) groups excluding carboxylic acids is 1. The fourth-order valence-corrected chi connectivity index (χ4v) is 4.57. The molecule has 3 aromatic carbocycles. The molecule has 0 aliphatic rings. The van der Waals surface area contributed by atoms with E-state index in [2.05, 4.69) is 21.1 Å². The molecule has 1 aromatic heterocycles. The predicted molar refractivity (Wildman–Crippen MR) is 122 cm³/mol. The van der Waals surface area contributed by atoms with E-state index in [0.717, 1.165) is 28.8 Å². The smallest absolute Gasteiger partial charge is 0.255 e. The molecule has 0 radical (unpaired) electrons. The lowest BCUT2D eigenvalue weighted by Crippen LogP contribution is -2.13. The molecular weight excluding hydrogens is 418 g/mol. The zero-order valence-corrected chi connectivity index (χ0v) is 17.8. The average molecular weight is 438 g/mol. The van der Waals surface area contributed by atoms with Crippen molar-refractivity contribution in [2.24, 2.45) is 0 Å². The number of aromatic nitrogens is 1. The van der Waals surface area contributed by atoms with Gasteiger partial charge in [-0.3, -0.25) is 9.52 Å². The Morgan fingerprint density at radius 3 is 2.47 bits per heavy atom. The molecule has 0 unspecified atom stereocenters. The van der Waals surface area contributed by atoms with Crippen LogP contribution in [0, 0.1) is 0 Å². The molecule has 30 heavy (non-hydrogen) atoms. The van der Waals surface area contributed by atoms with E-state index in [0.29, 0.717) is 16.9 Å². The minimum Gasteiger partial charge on any atom is -0.322 e. The van der Waals surface area contributed by atoms with Crippen molar-refractivity contribution < 1.29 is 13.2 Å². The van der Waals surface area contributed by atoms with Crippen molar-refractivity contribution >= 4 is 48.9 Å². The Kier molecular flexibility index (Phi) is 5.52. The van der Waals surface area contributed by atoms with E-state index in [-0.39, 0.29) is 5.91 Å². The number of hydrogen-bond acceptors (Lipinski definition) is 5. The standard InChI is InChI=1S/C22H19N3O3S2/c1-30(27,28)25-18-6-4-5-16(14-18)22(26)23-17-11-9-15(10-12-17)13-21-24-19-7-2-3-8-20(19)29-21/h2-12,14,25H,13H2,1H3,(H,23,26). The van der Waals surface area contributed by atoms with E-state index in [1.807, 2.05) is 42.5 Å². The summed E-state index contributed by atoms with van der Waals surface area (Å²) in [5.41, 5.74) is 3.48. The molecule has 152 valence electrons. The lowest BCUT2D eigenvalue weighted by molar-refractivity contribution is 0.102. The number of rotatable bonds is 6. The molecule has 2 N–H and O–H groups in total. The molecule has 0 saturated carbocycles. The highest BCUT2D eigenvalue weighted by Crippen LogP contribution is 2.24. The maximum Gasteiger partial charge on any atom is 0.255 e. The second kappa shape index (κ2) is 8.25. The summed E-state index contributed by atoms with van der Waals surface area (Å²) < 4.78 is 26.3. The van der Waals surface area contributed by atoms with Crippen molar-refractivity contribution in [3.8, 4) is 0 Å². The summed E-state index contributed by atoms with van der Waals surface area (Å²) in [6.07, 6.45) is 1.79. The van der Waals surface area contributed by atoms with Crippen LogP contribution in [-0.4, -0.2) is 25.6 Å². The Hall–Kier alpha value is -3.23. The third-order valence-corrected chi connectivity index (χ3v) is 5.98. The summed E-state index contributed by atoms with van der Waals surface area (Å²) in [6, 6.07) is 22.0. The van der Waals surface area contributed by atoms with Crippen LogP contribution in [0.5, 0.6) is 0 Å². The maximum atomic E-state index is 12.5. The van der Waals surface area contributed by atoms with Crippen LogP contribution in [0.15, 0.2) is 72.8 Å². The molecule has 1 amide bonds. The minimum absolute atomic E-state index is 0.314. The molecule has 4 rings (SSSR count). The predicted octanol–water partition coefficient (Wildman–Crippen LogP) is 4.51. The largest absolute Gasteiger partial charge is 0.322 e. The quantitative estimate of drug-likeness (QED) is 0.465. The first kappa shape index (κ1) is 20.1. The Balaban J connectivity index is 1.43. The van der Waals surface area contributed by atoms with Gasteiger partial charge in [-0.05, 0) is 48.0 Å². The van der Waals surface area contributed by atoms with Gasteiger partial charge >= 0.3 is 0 Å². The van der Waals surface area contributed by atoms with Crippen LogP contribution in [0.1, 0.15) is 20.9 Å². The molecule has 0 saturated heterocycles. The number of benzene rings is 3. The number of carbonyl (C=O) groups is 1. The van der Waals surface area contributed by atoms with Crippen LogP contribution in [0.4, 0.5) is 11.4 Å². The highest BCUT2D eigenvalue weighted by atomic mass is 32.2. The first-order valence-corrected chi connectivity index (χ1v) is 11.9. The van der Waals surface area contributed by atoms with Crippen LogP contribution in [-0.2, 0) is 16.4 Å². The molecule has 0 spiro atoms. The fourth-order valence-electron chi connectivity index (χ4n) is 3.02. The monoisotopic (exact) mass is 437 g/mol. The van der Waals surface area contributed by atoms with Gasteiger partial charge in [-0.2, -0.15) is 0 Å². The molecule has 0 fully saturated rings. The minimum atomic E-state index is -3.40. The number of amides is 1. The first-order valence-electron chi connectivity index (χ1n) is 9.18. The average Bonchev–Trinajstić information content (AvgIpc) is 3.10. The second-order valence-electron chi connectivity index (χ2n) is 6.86. The summed E-state index contributed by atoms with van der Waals surface area (Å²) >= 11 is 1.68. The molecule has 0 aliphatic carbocycles. The number of fused-ring (bicyclic) bond motifs is 1. The number of hydrogen-bond donors (Lipinski definition) is 2. The number of anilines is 2. The molecule has 6 nitrogen and oxygen atoms in total. The lowest BCUT2D eigenvalue weighted by Gasteiger charge is -2.08. The molecule has 8 heteroatoms. The van der Waals surface area contributed by atoms with Crippen LogP contribution in [0.2, 0.25) is 0 Å². The normalized spacial score (nSPS) is 11.4. The van der Waals surface area contributed by atoms with Gasteiger partial charge in [0.2, 0.25) is 10.0 Å². The zero-order chi connectivity index (χ0) is 21.1. The Morgan fingerprint density at radius 2 is 1.73 bits per heavy atom. The van der Waals surface area contributed by atoms with Crippen molar-refractivity contribution in [3.63, 3.8) is 0 Å². The van der Waals surface area contributed by atoms with Crippen LogP contribution in [0.3, 0.4) is 0 Å². The zero-order valence-electron chi connectivity index (χ0n) is 16.1. The Labute approximate surface area is 178 Å². The number of nitrogens with one attached hydrogen (secondary N) is 2. The molecule has 0 atom stereocenters. The summed E-state index contributed by atoms with van der Waals surface area (Å²) in [7, 11) is -3.40. The molecule has 0 aliphatic heterocycles. The summed E-state index contributed by atoms with van der Waals surface area (Å²) in [6.45, 7) is 0. The third-order valence-electron chi connectivity index (χ3n) is 4.33. The number of sulfonamides is 1. The fraction of sp³-hybridized carbons (Fsp3) is 0.0909. The van der Waals surface area contributed by atoms with Crippen molar-refractivity contribution in [1.82, 2.24) is 4.98 Å². The van der Waals surface area contributed by atoms with E-state index in [9.17, 15) is 13.2 Å². The Morgan fingerprint density at radius 1 is 0.967 bits per heavy atom. The van der Waals surface area contributed by atoms with E-state index in [1.165, 1.54) is 10.8 Å². The van der Waals surface area contributed by atoms with Crippen molar-refractivity contribution in [3.05, 3.63) is 88.9 Å². The lowest BCUT2D eigenvalue weighted by atomic mass is 10.1. The maximum absolute atomic E-state index is 12.5. The second-order valence-corrected chi connectivity index (χ2v) is 9.72. The van der Waals surface area contributed by atoms with Crippen LogP contribution >= 0.6 is 11.3 Å². The van der Waals surface area contributed by atoms with Crippen molar-refractivity contribution in [2.45, 2.75) is 6.42 Å².